The van der Waals surface area contributed by atoms with E-state index in [2.05, 4.69) is 35.5 Å². The van der Waals surface area contributed by atoms with Gasteiger partial charge in [0.25, 0.3) is 0 Å². The molecule has 0 spiro atoms. The number of carbonyl (C=O) groups is 1. The van der Waals surface area contributed by atoms with Gasteiger partial charge in [0, 0.05) is 24.9 Å². The van der Waals surface area contributed by atoms with Crippen molar-refractivity contribution >= 4 is 16.8 Å². The summed E-state index contributed by atoms with van der Waals surface area (Å²) in [5, 5.41) is 8.54. The van der Waals surface area contributed by atoms with Crippen molar-refractivity contribution < 1.29 is 4.79 Å². The van der Waals surface area contributed by atoms with Gasteiger partial charge in [-0.3, -0.25) is 9.48 Å². The van der Waals surface area contributed by atoms with E-state index in [9.17, 15) is 4.79 Å². The highest BCUT2D eigenvalue weighted by atomic mass is 16.1. The highest BCUT2D eigenvalue weighted by molar-refractivity contribution is 5.81. The van der Waals surface area contributed by atoms with Crippen LogP contribution in [-0.4, -0.2) is 22.2 Å². The Morgan fingerprint density at radius 3 is 3.05 bits per heavy atom. The van der Waals surface area contributed by atoms with Gasteiger partial charge in [0.15, 0.2) is 0 Å². The monoisotopic (exact) mass is 259 g/mol. The molecule has 0 bridgehead atoms. The van der Waals surface area contributed by atoms with Gasteiger partial charge in [0.05, 0.1) is 11.7 Å². The third-order valence-corrected chi connectivity index (χ3v) is 3.25. The Balaban J connectivity index is 1.89. The third kappa shape index (κ3) is 3.34. The Morgan fingerprint density at radius 2 is 2.26 bits per heavy atom. The zero-order valence-corrected chi connectivity index (χ0v) is 11.6. The van der Waals surface area contributed by atoms with Crippen LogP contribution in [0.15, 0.2) is 24.4 Å². The zero-order chi connectivity index (χ0) is 13.7. The first-order valence-electron chi connectivity index (χ1n) is 6.90. The maximum atomic E-state index is 11.3. The molecule has 0 aliphatic carbocycles. The number of aryl methyl sites for hydroxylation is 2. The van der Waals surface area contributed by atoms with E-state index in [0.717, 1.165) is 19.4 Å². The summed E-state index contributed by atoms with van der Waals surface area (Å²) < 4.78 is 2.01. The van der Waals surface area contributed by atoms with Gasteiger partial charge >= 0.3 is 0 Å². The van der Waals surface area contributed by atoms with E-state index in [0.29, 0.717) is 13.0 Å². The Kier molecular flexibility index (Phi) is 4.55. The molecular weight excluding hydrogens is 238 g/mol. The molecule has 1 aromatic heterocycles. The van der Waals surface area contributed by atoms with Crippen molar-refractivity contribution in [1.29, 1.82) is 0 Å². The largest absolute Gasteiger partial charge is 0.356 e. The molecule has 19 heavy (non-hydrogen) atoms. The molecule has 1 N–H and O–H groups in total. The molecule has 1 heterocycles. The quantitative estimate of drug-likeness (QED) is 0.811. The summed E-state index contributed by atoms with van der Waals surface area (Å²) in [5.74, 6) is 0.142. The van der Waals surface area contributed by atoms with Gasteiger partial charge in [-0.05, 0) is 31.4 Å². The molecule has 0 atom stereocenters. The lowest BCUT2D eigenvalue weighted by atomic mass is 10.1. The average molecular weight is 259 g/mol. The summed E-state index contributed by atoms with van der Waals surface area (Å²) in [6, 6.07) is 6.24. The molecule has 4 heteroatoms. The molecule has 0 aliphatic heterocycles. The number of carbonyl (C=O) groups excluding carboxylic acids is 1. The maximum Gasteiger partial charge on any atom is 0.219 e. The summed E-state index contributed by atoms with van der Waals surface area (Å²) in [5.41, 5.74) is 2.42. The van der Waals surface area contributed by atoms with Gasteiger partial charge in [0.2, 0.25) is 5.91 Å². The molecule has 0 fully saturated rings. The van der Waals surface area contributed by atoms with Crippen LogP contribution in [0, 0.1) is 6.92 Å². The highest BCUT2D eigenvalue weighted by Gasteiger charge is 2.04. The fourth-order valence-electron chi connectivity index (χ4n) is 2.20. The van der Waals surface area contributed by atoms with Gasteiger partial charge in [-0.25, -0.2) is 0 Å². The van der Waals surface area contributed by atoms with Gasteiger partial charge in [-0.15, -0.1) is 0 Å². The van der Waals surface area contributed by atoms with Crippen LogP contribution in [0.5, 0.6) is 0 Å². The van der Waals surface area contributed by atoms with Crippen molar-refractivity contribution in [3.05, 3.63) is 30.0 Å². The topological polar surface area (TPSA) is 46.9 Å². The SMILES string of the molecule is CCCC(=O)NCCCn1ncc2c(C)cccc21. The minimum absolute atomic E-state index is 0.142. The van der Waals surface area contributed by atoms with Crippen LogP contribution in [0.4, 0.5) is 0 Å². The minimum Gasteiger partial charge on any atom is -0.356 e. The normalized spacial score (nSPS) is 10.8. The van der Waals surface area contributed by atoms with Crippen molar-refractivity contribution in [1.82, 2.24) is 15.1 Å². The Bertz CT molecular complexity index is 560. The van der Waals surface area contributed by atoms with Crippen molar-refractivity contribution in [2.75, 3.05) is 6.54 Å². The lowest BCUT2D eigenvalue weighted by Gasteiger charge is -2.06. The number of amides is 1. The fraction of sp³-hybridized carbons (Fsp3) is 0.467. The van der Waals surface area contributed by atoms with E-state index in [1.807, 2.05) is 17.8 Å². The minimum atomic E-state index is 0.142. The van der Waals surface area contributed by atoms with E-state index < -0.39 is 0 Å². The Hall–Kier alpha value is -1.84. The molecule has 4 nitrogen and oxygen atoms in total. The van der Waals surface area contributed by atoms with Crippen molar-refractivity contribution in [2.24, 2.45) is 0 Å². The van der Waals surface area contributed by atoms with E-state index >= 15 is 0 Å². The van der Waals surface area contributed by atoms with Gasteiger partial charge in [-0.1, -0.05) is 19.1 Å². The van der Waals surface area contributed by atoms with Crippen LogP contribution in [0.2, 0.25) is 0 Å². The highest BCUT2D eigenvalue weighted by Crippen LogP contribution is 2.17. The molecule has 0 saturated heterocycles. The van der Waals surface area contributed by atoms with E-state index in [-0.39, 0.29) is 5.91 Å². The van der Waals surface area contributed by atoms with Gasteiger partial charge in [0.1, 0.15) is 0 Å². The second-order valence-corrected chi connectivity index (χ2v) is 4.83. The summed E-state index contributed by atoms with van der Waals surface area (Å²) in [4.78, 5) is 11.3. The van der Waals surface area contributed by atoms with Crippen LogP contribution in [0.1, 0.15) is 31.7 Å². The first kappa shape index (κ1) is 13.6. The van der Waals surface area contributed by atoms with Crippen LogP contribution >= 0.6 is 0 Å². The predicted molar refractivity (Wildman–Crippen MR) is 77.0 cm³/mol. The third-order valence-electron chi connectivity index (χ3n) is 3.25. The standard InChI is InChI=1S/C15H21N3O/c1-3-6-15(19)16-9-5-10-18-14-8-4-7-12(2)13(14)11-17-18/h4,7-8,11H,3,5-6,9-10H2,1-2H3,(H,16,19). The zero-order valence-electron chi connectivity index (χ0n) is 11.6. The summed E-state index contributed by atoms with van der Waals surface area (Å²) in [6.45, 7) is 5.66. The van der Waals surface area contributed by atoms with Crippen LogP contribution < -0.4 is 5.32 Å². The Labute approximate surface area is 113 Å². The average Bonchev–Trinajstić information content (AvgIpc) is 2.80. The van der Waals surface area contributed by atoms with E-state index in [4.69, 9.17) is 0 Å². The van der Waals surface area contributed by atoms with Gasteiger partial charge < -0.3 is 5.32 Å². The summed E-state index contributed by atoms with van der Waals surface area (Å²) in [7, 11) is 0. The second kappa shape index (κ2) is 6.36. The molecule has 0 radical (unpaired) electrons. The van der Waals surface area contributed by atoms with Crippen LogP contribution in [-0.2, 0) is 11.3 Å². The number of nitrogens with zero attached hydrogens (tertiary/aromatic N) is 2. The fourth-order valence-corrected chi connectivity index (χ4v) is 2.20. The number of aromatic nitrogens is 2. The maximum absolute atomic E-state index is 11.3. The first-order valence-corrected chi connectivity index (χ1v) is 6.90. The van der Waals surface area contributed by atoms with Crippen LogP contribution in [0.3, 0.4) is 0 Å². The van der Waals surface area contributed by atoms with Crippen molar-refractivity contribution in [2.45, 2.75) is 39.7 Å². The predicted octanol–water partition coefficient (Wildman–Crippen LogP) is 2.65. The second-order valence-electron chi connectivity index (χ2n) is 4.83. The Morgan fingerprint density at radius 1 is 1.42 bits per heavy atom. The summed E-state index contributed by atoms with van der Waals surface area (Å²) >= 11 is 0. The van der Waals surface area contributed by atoms with Crippen molar-refractivity contribution in [3.8, 4) is 0 Å². The first-order chi connectivity index (χ1) is 9.22. The molecule has 1 amide bonds. The molecule has 0 saturated carbocycles. The molecule has 1 aromatic carbocycles. The molecule has 2 aromatic rings. The summed E-state index contributed by atoms with van der Waals surface area (Å²) in [6.07, 6.45) is 4.33. The molecule has 2 rings (SSSR count). The molecule has 102 valence electrons. The van der Waals surface area contributed by atoms with E-state index in [1.54, 1.807) is 0 Å². The molecule has 0 aliphatic rings. The number of nitrogens with one attached hydrogen (secondary N) is 1. The van der Waals surface area contributed by atoms with Gasteiger partial charge in [-0.2, -0.15) is 5.10 Å². The number of rotatable bonds is 6. The van der Waals surface area contributed by atoms with Crippen molar-refractivity contribution in [3.63, 3.8) is 0 Å². The number of hydrogen-bond acceptors (Lipinski definition) is 2. The smallest absolute Gasteiger partial charge is 0.219 e. The number of benzene rings is 1. The van der Waals surface area contributed by atoms with E-state index in [1.165, 1.54) is 16.5 Å². The number of fused-ring (bicyclic) bond motifs is 1. The number of hydrogen-bond donors (Lipinski definition) is 1. The lowest BCUT2D eigenvalue weighted by Crippen LogP contribution is -2.24. The lowest BCUT2D eigenvalue weighted by molar-refractivity contribution is -0.121. The molecular formula is C15H21N3O. The van der Waals surface area contributed by atoms with Crippen LogP contribution in [0.25, 0.3) is 10.9 Å². The molecule has 0 unspecified atom stereocenters.